The Morgan fingerprint density at radius 1 is 1.17 bits per heavy atom. The number of hydrogen-bond acceptors (Lipinski definition) is 4. The molecule has 0 fully saturated rings. The van der Waals surface area contributed by atoms with E-state index in [2.05, 4.69) is 22.6 Å². The van der Waals surface area contributed by atoms with Crippen molar-refractivity contribution in [2.24, 2.45) is 0 Å². The molecular weight excluding hydrogens is 347 g/mol. The van der Waals surface area contributed by atoms with Gasteiger partial charge in [0.2, 0.25) is 0 Å². The molecular formula is C13H15IO4. The second-order valence-corrected chi connectivity index (χ2v) is 4.83. The molecule has 4 nitrogen and oxygen atoms in total. The third-order valence-corrected chi connectivity index (χ3v) is 2.85. The van der Waals surface area contributed by atoms with Gasteiger partial charge in [0.05, 0.1) is 13.0 Å². The van der Waals surface area contributed by atoms with Gasteiger partial charge in [-0.1, -0.05) is 0 Å². The van der Waals surface area contributed by atoms with Gasteiger partial charge < -0.3 is 9.47 Å². The molecule has 0 aliphatic rings. The highest BCUT2D eigenvalue weighted by Gasteiger charge is 2.08. The van der Waals surface area contributed by atoms with E-state index in [1.165, 1.54) is 0 Å². The molecule has 0 heterocycles. The van der Waals surface area contributed by atoms with Crippen LogP contribution in [0.5, 0.6) is 5.75 Å². The first-order chi connectivity index (χ1) is 8.61. The van der Waals surface area contributed by atoms with E-state index in [1.807, 2.05) is 12.1 Å². The summed E-state index contributed by atoms with van der Waals surface area (Å²) >= 11 is 2.19. The van der Waals surface area contributed by atoms with E-state index in [0.717, 1.165) is 3.57 Å². The van der Waals surface area contributed by atoms with Crippen molar-refractivity contribution in [2.75, 3.05) is 13.2 Å². The maximum Gasteiger partial charge on any atom is 0.306 e. The smallest absolute Gasteiger partial charge is 0.306 e. The number of carbonyl (C=O) groups is 2. The molecule has 5 heteroatoms. The van der Waals surface area contributed by atoms with Crippen molar-refractivity contribution >= 4 is 34.3 Å². The normalized spacial score (nSPS) is 9.89. The highest BCUT2D eigenvalue weighted by atomic mass is 127. The van der Waals surface area contributed by atoms with Crippen molar-refractivity contribution < 1.29 is 19.1 Å². The fourth-order valence-corrected chi connectivity index (χ4v) is 1.60. The fraction of sp³-hybridized carbons (Fsp3) is 0.385. The monoisotopic (exact) mass is 362 g/mol. The van der Waals surface area contributed by atoms with Crippen molar-refractivity contribution in [3.63, 3.8) is 0 Å². The van der Waals surface area contributed by atoms with Gasteiger partial charge >= 0.3 is 5.97 Å². The summed E-state index contributed by atoms with van der Waals surface area (Å²) in [5.74, 6) is 0.196. The number of benzene rings is 1. The summed E-state index contributed by atoms with van der Waals surface area (Å²) in [6, 6.07) is 7.42. The summed E-state index contributed by atoms with van der Waals surface area (Å²) in [7, 11) is 0. The van der Waals surface area contributed by atoms with Crippen LogP contribution >= 0.6 is 22.6 Å². The molecule has 0 bridgehead atoms. The minimum Gasteiger partial charge on any atom is -0.486 e. The lowest BCUT2D eigenvalue weighted by Gasteiger charge is -2.05. The van der Waals surface area contributed by atoms with E-state index in [1.54, 1.807) is 19.1 Å². The second-order valence-electron chi connectivity index (χ2n) is 3.59. The zero-order valence-corrected chi connectivity index (χ0v) is 12.3. The molecule has 0 aromatic heterocycles. The first kappa shape index (κ1) is 14.9. The number of ether oxygens (including phenoxy) is 2. The Morgan fingerprint density at radius 3 is 2.44 bits per heavy atom. The quantitative estimate of drug-likeness (QED) is 0.553. The van der Waals surface area contributed by atoms with Gasteiger partial charge in [0, 0.05) is 9.99 Å². The first-order valence-electron chi connectivity index (χ1n) is 5.67. The van der Waals surface area contributed by atoms with E-state index < -0.39 is 0 Å². The average Bonchev–Trinajstić information content (AvgIpc) is 2.36. The van der Waals surface area contributed by atoms with Crippen LogP contribution in [0, 0.1) is 3.57 Å². The molecule has 0 saturated carbocycles. The van der Waals surface area contributed by atoms with Crippen LogP contribution in [0.4, 0.5) is 0 Å². The highest BCUT2D eigenvalue weighted by Crippen LogP contribution is 2.13. The van der Waals surface area contributed by atoms with Crippen LogP contribution in [0.25, 0.3) is 0 Å². The van der Waals surface area contributed by atoms with Crippen molar-refractivity contribution in [1.29, 1.82) is 0 Å². The van der Waals surface area contributed by atoms with Gasteiger partial charge in [0.25, 0.3) is 0 Å². The molecule has 0 aliphatic heterocycles. The Morgan fingerprint density at radius 2 is 1.83 bits per heavy atom. The van der Waals surface area contributed by atoms with Gasteiger partial charge in [-0.2, -0.15) is 0 Å². The van der Waals surface area contributed by atoms with Crippen molar-refractivity contribution in [2.45, 2.75) is 19.8 Å². The molecule has 98 valence electrons. The van der Waals surface area contributed by atoms with Crippen LogP contribution in [0.2, 0.25) is 0 Å². The Balaban J connectivity index is 2.24. The molecule has 0 N–H and O–H groups in total. The number of hydrogen-bond donors (Lipinski definition) is 0. The minimum atomic E-state index is -0.347. The fourth-order valence-electron chi connectivity index (χ4n) is 1.24. The maximum atomic E-state index is 11.5. The zero-order valence-electron chi connectivity index (χ0n) is 10.1. The molecule has 0 saturated heterocycles. The lowest BCUT2D eigenvalue weighted by molar-refractivity contribution is -0.144. The third kappa shape index (κ3) is 6.00. The van der Waals surface area contributed by atoms with E-state index in [-0.39, 0.29) is 31.2 Å². The molecule has 0 radical (unpaired) electrons. The van der Waals surface area contributed by atoms with Crippen molar-refractivity contribution in [3.05, 3.63) is 27.8 Å². The van der Waals surface area contributed by atoms with Crippen LogP contribution in [0.1, 0.15) is 19.8 Å². The number of carbonyl (C=O) groups excluding carboxylic acids is 2. The largest absolute Gasteiger partial charge is 0.486 e. The van der Waals surface area contributed by atoms with Gasteiger partial charge in [0.1, 0.15) is 12.4 Å². The Labute approximate surface area is 120 Å². The van der Waals surface area contributed by atoms with Gasteiger partial charge in [-0.05, 0) is 53.8 Å². The SMILES string of the molecule is CCOC(=O)CCC(=O)COc1ccc(I)cc1. The van der Waals surface area contributed by atoms with Crippen molar-refractivity contribution in [3.8, 4) is 5.75 Å². The Kier molecular flexibility index (Phi) is 6.70. The van der Waals surface area contributed by atoms with E-state index >= 15 is 0 Å². The summed E-state index contributed by atoms with van der Waals surface area (Å²) in [6.45, 7) is 2.06. The highest BCUT2D eigenvalue weighted by molar-refractivity contribution is 14.1. The minimum absolute atomic E-state index is 0.0139. The average molecular weight is 362 g/mol. The molecule has 0 unspecified atom stereocenters. The van der Waals surface area contributed by atoms with Crippen LogP contribution in [0.3, 0.4) is 0 Å². The van der Waals surface area contributed by atoms with Crippen LogP contribution in [0.15, 0.2) is 24.3 Å². The van der Waals surface area contributed by atoms with Gasteiger partial charge in [-0.25, -0.2) is 0 Å². The Hall–Kier alpha value is -1.11. The van der Waals surface area contributed by atoms with Gasteiger partial charge in [-0.3, -0.25) is 9.59 Å². The van der Waals surface area contributed by atoms with Crippen molar-refractivity contribution in [1.82, 2.24) is 0 Å². The molecule has 0 amide bonds. The van der Waals surface area contributed by atoms with Crippen LogP contribution in [-0.2, 0) is 14.3 Å². The summed E-state index contributed by atoms with van der Waals surface area (Å²) in [5.41, 5.74) is 0. The topological polar surface area (TPSA) is 52.6 Å². The number of Topliss-reactive ketones (excluding diaryl/α,β-unsaturated/α-hetero) is 1. The summed E-state index contributed by atoms with van der Waals surface area (Å²) < 4.78 is 11.2. The van der Waals surface area contributed by atoms with Crippen LogP contribution < -0.4 is 4.74 Å². The number of ketones is 1. The Bertz CT molecular complexity index is 400. The molecule has 1 aromatic rings. The van der Waals surface area contributed by atoms with Crippen LogP contribution in [-0.4, -0.2) is 25.0 Å². The lowest BCUT2D eigenvalue weighted by Crippen LogP contribution is -2.14. The third-order valence-electron chi connectivity index (χ3n) is 2.13. The standard InChI is InChI=1S/C13H15IO4/c1-2-17-13(16)8-5-11(15)9-18-12-6-3-10(14)4-7-12/h3-4,6-7H,2,5,8-9H2,1H3. The number of rotatable bonds is 7. The molecule has 0 aliphatic carbocycles. The molecule has 0 atom stereocenters. The number of halogens is 1. The second kappa shape index (κ2) is 8.07. The maximum absolute atomic E-state index is 11.5. The van der Waals surface area contributed by atoms with E-state index in [0.29, 0.717) is 12.4 Å². The van der Waals surface area contributed by atoms with Gasteiger partial charge in [0.15, 0.2) is 5.78 Å². The summed E-state index contributed by atoms with van der Waals surface area (Å²) in [4.78, 5) is 22.5. The van der Waals surface area contributed by atoms with E-state index in [9.17, 15) is 9.59 Å². The molecule has 1 aromatic carbocycles. The summed E-state index contributed by atoms with van der Waals surface area (Å²) in [6.07, 6.45) is 0.270. The predicted octanol–water partition coefficient (Wildman–Crippen LogP) is 2.58. The summed E-state index contributed by atoms with van der Waals surface area (Å²) in [5, 5.41) is 0. The lowest BCUT2D eigenvalue weighted by atomic mass is 10.2. The first-order valence-corrected chi connectivity index (χ1v) is 6.75. The number of esters is 1. The molecule has 1 rings (SSSR count). The molecule has 18 heavy (non-hydrogen) atoms. The van der Waals surface area contributed by atoms with E-state index in [4.69, 9.17) is 9.47 Å². The van der Waals surface area contributed by atoms with Gasteiger partial charge in [-0.15, -0.1) is 0 Å². The molecule has 0 spiro atoms. The zero-order chi connectivity index (χ0) is 13.4. The predicted molar refractivity (Wildman–Crippen MR) is 75.5 cm³/mol.